The van der Waals surface area contributed by atoms with Crippen LogP contribution in [0.15, 0.2) is 58.3 Å². The Balaban J connectivity index is 1.63. The number of carbonyl (C=O) groups is 2. The highest BCUT2D eigenvalue weighted by Crippen LogP contribution is 2.35. The molecule has 1 aliphatic rings. The Morgan fingerprint density at radius 2 is 1.83 bits per heavy atom. The highest BCUT2D eigenvalue weighted by molar-refractivity contribution is 7.99. The Morgan fingerprint density at radius 3 is 2.58 bits per heavy atom. The van der Waals surface area contributed by atoms with Gasteiger partial charge in [-0.15, -0.1) is 23.5 Å². The van der Waals surface area contributed by atoms with Gasteiger partial charge in [0.15, 0.2) is 0 Å². The summed E-state index contributed by atoms with van der Waals surface area (Å²) in [5.74, 6) is -0.307. The Labute approximate surface area is 149 Å². The van der Waals surface area contributed by atoms with E-state index in [1.54, 1.807) is 35.7 Å². The molecule has 0 spiro atoms. The second-order valence-electron chi connectivity index (χ2n) is 5.38. The Kier molecular flexibility index (Phi) is 5.48. The number of nitrogens with one attached hydrogen (secondary N) is 2. The molecule has 6 heteroatoms. The first kappa shape index (κ1) is 16.9. The van der Waals surface area contributed by atoms with E-state index in [1.807, 2.05) is 42.7 Å². The number of fused-ring (bicyclic) bond motifs is 1. The molecular formula is C18H18N2O2S2. The molecule has 24 heavy (non-hydrogen) atoms. The number of carbonyl (C=O) groups excluding carboxylic acids is 2. The second kappa shape index (κ2) is 7.77. The minimum absolute atomic E-state index is 0.112. The average Bonchev–Trinajstić information content (AvgIpc) is 2.62. The molecule has 1 unspecified atom stereocenters. The summed E-state index contributed by atoms with van der Waals surface area (Å²) < 4.78 is 0. The molecule has 2 N–H and O–H groups in total. The van der Waals surface area contributed by atoms with Crippen LogP contribution >= 0.6 is 23.5 Å². The van der Waals surface area contributed by atoms with E-state index in [1.165, 1.54) is 4.90 Å². The zero-order valence-corrected chi connectivity index (χ0v) is 14.9. The van der Waals surface area contributed by atoms with Crippen LogP contribution in [0.3, 0.4) is 0 Å². The van der Waals surface area contributed by atoms with Crippen LogP contribution in [0, 0.1) is 0 Å². The van der Waals surface area contributed by atoms with E-state index in [9.17, 15) is 9.59 Å². The first-order chi connectivity index (χ1) is 11.7. The molecule has 0 aliphatic carbocycles. The van der Waals surface area contributed by atoms with Crippen molar-refractivity contribution in [1.29, 1.82) is 0 Å². The van der Waals surface area contributed by atoms with Crippen LogP contribution in [-0.2, 0) is 9.59 Å². The topological polar surface area (TPSA) is 58.2 Å². The normalized spacial score (nSPS) is 16.1. The molecule has 1 atom stereocenters. The third-order valence-electron chi connectivity index (χ3n) is 3.82. The van der Waals surface area contributed by atoms with Gasteiger partial charge < -0.3 is 10.6 Å². The van der Waals surface area contributed by atoms with Gasteiger partial charge in [-0.1, -0.05) is 18.2 Å². The van der Waals surface area contributed by atoms with E-state index in [2.05, 4.69) is 10.6 Å². The monoisotopic (exact) mass is 358 g/mol. The van der Waals surface area contributed by atoms with Crippen molar-refractivity contribution in [1.82, 2.24) is 5.32 Å². The van der Waals surface area contributed by atoms with Gasteiger partial charge in [0.05, 0.1) is 6.04 Å². The molecule has 1 heterocycles. The summed E-state index contributed by atoms with van der Waals surface area (Å²) in [5, 5.41) is 5.49. The zero-order valence-electron chi connectivity index (χ0n) is 13.2. The maximum atomic E-state index is 12.2. The summed E-state index contributed by atoms with van der Waals surface area (Å²) in [5.41, 5.74) is 1.70. The van der Waals surface area contributed by atoms with Crippen molar-refractivity contribution in [3.8, 4) is 0 Å². The molecule has 2 aromatic carbocycles. The number of rotatable bonds is 3. The van der Waals surface area contributed by atoms with Crippen molar-refractivity contribution in [2.24, 2.45) is 0 Å². The summed E-state index contributed by atoms with van der Waals surface area (Å²) in [6.07, 6.45) is 2.81. The molecule has 4 nitrogen and oxygen atoms in total. The molecule has 0 saturated carbocycles. The highest BCUT2D eigenvalue weighted by Gasteiger charge is 2.24. The molecular weight excluding hydrogens is 340 g/mol. The van der Waals surface area contributed by atoms with E-state index in [4.69, 9.17) is 0 Å². The van der Waals surface area contributed by atoms with Gasteiger partial charge in [-0.05, 0) is 48.6 Å². The Bertz CT molecular complexity index is 747. The van der Waals surface area contributed by atoms with Crippen molar-refractivity contribution in [2.45, 2.75) is 22.3 Å². The van der Waals surface area contributed by atoms with Crippen LogP contribution in [0.25, 0.3) is 0 Å². The predicted molar refractivity (Wildman–Crippen MR) is 99.5 cm³/mol. The lowest BCUT2D eigenvalue weighted by Crippen LogP contribution is -2.38. The number of hydrogen-bond acceptors (Lipinski definition) is 4. The summed E-state index contributed by atoms with van der Waals surface area (Å²) in [4.78, 5) is 26.6. The van der Waals surface area contributed by atoms with Gasteiger partial charge in [-0.3, -0.25) is 9.59 Å². The van der Waals surface area contributed by atoms with Crippen molar-refractivity contribution in [3.63, 3.8) is 0 Å². The number of amides is 2. The molecule has 2 aromatic rings. The summed E-state index contributed by atoms with van der Waals surface area (Å²) >= 11 is 3.41. The van der Waals surface area contributed by atoms with Crippen molar-refractivity contribution >= 4 is 41.0 Å². The molecule has 124 valence electrons. The molecule has 1 aliphatic heterocycles. The van der Waals surface area contributed by atoms with Gasteiger partial charge in [-0.2, -0.15) is 0 Å². The van der Waals surface area contributed by atoms with Crippen LogP contribution in [-0.4, -0.2) is 23.8 Å². The SMILES string of the molecule is CSc1ccc(NC(=O)C(=O)NC2CCSc3ccccc32)cc1. The minimum atomic E-state index is -0.636. The van der Waals surface area contributed by atoms with Crippen LogP contribution in [0.1, 0.15) is 18.0 Å². The fourth-order valence-electron chi connectivity index (χ4n) is 2.58. The summed E-state index contributed by atoms with van der Waals surface area (Å²) in [7, 11) is 0. The lowest BCUT2D eigenvalue weighted by molar-refractivity contribution is -0.136. The largest absolute Gasteiger partial charge is 0.341 e. The fourth-order valence-corrected chi connectivity index (χ4v) is 4.11. The second-order valence-corrected chi connectivity index (χ2v) is 7.40. The van der Waals surface area contributed by atoms with E-state index in [-0.39, 0.29) is 6.04 Å². The van der Waals surface area contributed by atoms with E-state index in [0.717, 1.165) is 22.6 Å². The summed E-state index contributed by atoms with van der Waals surface area (Å²) in [6, 6.07) is 15.3. The van der Waals surface area contributed by atoms with Crippen molar-refractivity contribution in [2.75, 3.05) is 17.3 Å². The number of benzene rings is 2. The van der Waals surface area contributed by atoms with Crippen LogP contribution in [0.2, 0.25) is 0 Å². The van der Waals surface area contributed by atoms with E-state index < -0.39 is 11.8 Å². The molecule has 0 fully saturated rings. The number of hydrogen-bond donors (Lipinski definition) is 2. The molecule has 0 saturated heterocycles. The fraction of sp³-hybridized carbons (Fsp3) is 0.222. The lowest BCUT2D eigenvalue weighted by Gasteiger charge is -2.25. The minimum Gasteiger partial charge on any atom is -0.341 e. The molecule has 0 radical (unpaired) electrons. The lowest BCUT2D eigenvalue weighted by atomic mass is 10.0. The molecule has 0 bridgehead atoms. The number of anilines is 1. The van der Waals surface area contributed by atoms with Gasteiger partial charge >= 0.3 is 11.8 Å². The number of thioether (sulfide) groups is 2. The third-order valence-corrected chi connectivity index (χ3v) is 5.68. The molecule has 2 amide bonds. The maximum Gasteiger partial charge on any atom is 0.313 e. The predicted octanol–water partition coefficient (Wildman–Crippen LogP) is 3.70. The highest BCUT2D eigenvalue weighted by atomic mass is 32.2. The van der Waals surface area contributed by atoms with Gasteiger partial charge in [0.25, 0.3) is 0 Å². The van der Waals surface area contributed by atoms with Crippen LogP contribution in [0.4, 0.5) is 5.69 Å². The third kappa shape index (κ3) is 3.94. The van der Waals surface area contributed by atoms with Crippen LogP contribution < -0.4 is 10.6 Å². The van der Waals surface area contributed by atoms with Crippen LogP contribution in [0.5, 0.6) is 0 Å². The van der Waals surface area contributed by atoms with Gasteiger partial charge in [0, 0.05) is 21.2 Å². The van der Waals surface area contributed by atoms with Crippen molar-refractivity contribution in [3.05, 3.63) is 54.1 Å². The standard InChI is InChI=1S/C18H18N2O2S2/c1-23-13-8-6-12(7-9-13)19-17(21)18(22)20-15-10-11-24-16-5-3-2-4-14(15)16/h2-9,15H,10-11H2,1H3,(H,19,21)(H,20,22). The van der Waals surface area contributed by atoms with Gasteiger partial charge in [0.2, 0.25) is 0 Å². The maximum absolute atomic E-state index is 12.2. The average molecular weight is 358 g/mol. The smallest absolute Gasteiger partial charge is 0.313 e. The van der Waals surface area contributed by atoms with E-state index >= 15 is 0 Å². The van der Waals surface area contributed by atoms with Gasteiger partial charge in [-0.25, -0.2) is 0 Å². The van der Waals surface area contributed by atoms with Gasteiger partial charge in [0.1, 0.15) is 0 Å². The summed E-state index contributed by atoms with van der Waals surface area (Å²) in [6.45, 7) is 0. The van der Waals surface area contributed by atoms with Crippen molar-refractivity contribution < 1.29 is 9.59 Å². The zero-order chi connectivity index (χ0) is 16.9. The first-order valence-electron chi connectivity index (χ1n) is 7.65. The molecule has 3 rings (SSSR count). The molecule has 0 aromatic heterocycles. The Hall–Kier alpha value is -1.92. The first-order valence-corrected chi connectivity index (χ1v) is 9.86. The Morgan fingerprint density at radius 1 is 1.08 bits per heavy atom. The quantitative estimate of drug-likeness (QED) is 0.649. The van der Waals surface area contributed by atoms with E-state index in [0.29, 0.717) is 5.69 Å².